The van der Waals surface area contributed by atoms with Gasteiger partial charge in [0.2, 0.25) is 0 Å². The van der Waals surface area contributed by atoms with Gasteiger partial charge in [0.05, 0.1) is 0 Å². The van der Waals surface area contributed by atoms with Gasteiger partial charge in [0, 0.05) is 16.6 Å². The first-order valence-electron chi connectivity index (χ1n) is 8.77. The molecule has 0 bridgehead atoms. The van der Waals surface area contributed by atoms with Crippen molar-refractivity contribution in [2.75, 3.05) is 0 Å². The number of nitrogens with one attached hydrogen (secondary N) is 2. The van der Waals surface area contributed by atoms with Crippen LogP contribution in [-0.2, 0) is 11.3 Å². The van der Waals surface area contributed by atoms with E-state index >= 15 is 0 Å². The minimum atomic E-state index is -0.354. The Kier molecular flexibility index (Phi) is 6.76. The third kappa shape index (κ3) is 5.66. The maximum Gasteiger partial charge on any atom is 0.268 e. The first-order valence-corrected chi connectivity index (χ1v) is 9.57. The second-order valence-electron chi connectivity index (χ2n) is 6.10. The number of rotatable bonds is 6. The molecule has 2 N–H and O–H groups in total. The molecule has 2 amide bonds. The molecule has 0 radical (unpaired) electrons. The van der Waals surface area contributed by atoms with Crippen molar-refractivity contribution in [1.82, 2.24) is 10.6 Å². The van der Waals surface area contributed by atoms with Crippen molar-refractivity contribution >= 4 is 33.8 Å². The predicted octanol–water partition coefficient (Wildman–Crippen LogP) is 4.54. The number of carbonyl (C=O) groups is 2. The number of halogens is 1. The first-order chi connectivity index (χ1) is 13.6. The molecule has 0 saturated carbocycles. The van der Waals surface area contributed by atoms with Gasteiger partial charge in [-0.1, -0.05) is 76.6 Å². The maximum absolute atomic E-state index is 12.8. The highest BCUT2D eigenvalue weighted by Gasteiger charge is 2.14. The molecule has 0 heterocycles. The fourth-order valence-corrected chi connectivity index (χ4v) is 3.00. The molecule has 0 unspecified atom stereocenters. The number of hydrogen-bond donors (Lipinski definition) is 2. The Morgan fingerprint density at radius 2 is 1.54 bits per heavy atom. The van der Waals surface area contributed by atoms with E-state index in [0.717, 1.165) is 15.6 Å². The highest BCUT2D eigenvalue weighted by Crippen LogP contribution is 2.14. The quantitative estimate of drug-likeness (QED) is 0.559. The Bertz CT molecular complexity index is 986. The van der Waals surface area contributed by atoms with E-state index in [1.807, 2.05) is 60.7 Å². The third-order valence-electron chi connectivity index (χ3n) is 3.98. The molecule has 3 rings (SSSR count). The van der Waals surface area contributed by atoms with Gasteiger partial charge in [-0.3, -0.25) is 9.59 Å². The fraction of sp³-hybridized carbons (Fsp3) is 0.0435. The van der Waals surface area contributed by atoms with Crippen LogP contribution in [-0.4, -0.2) is 11.8 Å². The summed E-state index contributed by atoms with van der Waals surface area (Å²) in [4.78, 5) is 25.3. The van der Waals surface area contributed by atoms with E-state index in [2.05, 4.69) is 26.6 Å². The summed E-state index contributed by atoms with van der Waals surface area (Å²) < 4.78 is 0.889. The molecule has 140 valence electrons. The molecule has 0 aliphatic heterocycles. The molecule has 0 fully saturated rings. The zero-order valence-corrected chi connectivity index (χ0v) is 16.6. The summed E-state index contributed by atoms with van der Waals surface area (Å²) in [6.45, 7) is 0.372. The van der Waals surface area contributed by atoms with Crippen LogP contribution in [0.4, 0.5) is 0 Å². The standard InChI is InChI=1S/C23H19BrN2O2/c24-20-13-7-10-18(14-20)15-21(26-22(27)19-11-5-2-6-12-19)23(28)25-16-17-8-3-1-4-9-17/h1-15H,16H2,(H,25,28)(H,26,27). The second kappa shape index (κ2) is 9.67. The average Bonchev–Trinajstić information content (AvgIpc) is 2.73. The van der Waals surface area contributed by atoms with Gasteiger partial charge >= 0.3 is 0 Å². The van der Waals surface area contributed by atoms with Crippen molar-refractivity contribution in [2.24, 2.45) is 0 Å². The van der Waals surface area contributed by atoms with Crippen LogP contribution >= 0.6 is 15.9 Å². The summed E-state index contributed by atoms with van der Waals surface area (Å²) in [5.74, 6) is -0.690. The van der Waals surface area contributed by atoms with E-state index in [1.165, 1.54) is 0 Å². The van der Waals surface area contributed by atoms with Gasteiger partial charge < -0.3 is 10.6 Å². The number of benzene rings is 3. The van der Waals surface area contributed by atoms with Gasteiger partial charge in [-0.25, -0.2) is 0 Å². The highest BCUT2D eigenvalue weighted by atomic mass is 79.9. The molecular formula is C23H19BrN2O2. The smallest absolute Gasteiger partial charge is 0.268 e. The summed E-state index contributed by atoms with van der Waals surface area (Å²) in [7, 11) is 0. The molecule has 0 spiro atoms. The minimum absolute atomic E-state index is 0.183. The largest absolute Gasteiger partial charge is 0.347 e. The molecule has 0 atom stereocenters. The highest BCUT2D eigenvalue weighted by molar-refractivity contribution is 9.10. The SMILES string of the molecule is O=C(NCc1ccccc1)C(=Cc1cccc(Br)c1)NC(=O)c1ccccc1. The molecule has 5 heteroatoms. The molecule has 0 aromatic heterocycles. The van der Waals surface area contributed by atoms with Crippen LogP contribution < -0.4 is 10.6 Å². The van der Waals surface area contributed by atoms with Crippen LogP contribution in [0.1, 0.15) is 21.5 Å². The summed E-state index contributed by atoms with van der Waals surface area (Å²) in [6.07, 6.45) is 1.66. The zero-order valence-electron chi connectivity index (χ0n) is 15.1. The summed E-state index contributed by atoms with van der Waals surface area (Å²) in [5.41, 5.74) is 2.45. The molecule has 0 aliphatic carbocycles. The minimum Gasteiger partial charge on any atom is -0.347 e. The third-order valence-corrected chi connectivity index (χ3v) is 4.48. The van der Waals surface area contributed by atoms with E-state index in [1.54, 1.807) is 30.3 Å². The lowest BCUT2D eigenvalue weighted by Gasteiger charge is -2.11. The van der Waals surface area contributed by atoms with Crippen LogP contribution in [0.25, 0.3) is 6.08 Å². The lowest BCUT2D eigenvalue weighted by atomic mass is 10.1. The van der Waals surface area contributed by atoms with E-state index in [0.29, 0.717) is 12.1 Å². The van der Waals surface area contributed by atoms with E-state index in [9.17, 15) is 9.59 Å². The number of amides is 2. The topological polar surface area (TPSA) is 58.2 Å². The van der Waals surface area contributed by atoms with Gasteiger partial charge in [-0.05, 0) is 41.5 Å². The summed E-state index contributed by atoms with van der Waals surface area (Å²) >= 11 is 3.42. The molecule has 3 aromatic carbocycles. The van der Waals surface area contributed by atoms with Gasteiger partial charge in [-0.15, -0.1) is 0 Å². The van der Waals surface area contributed by atoms with E-state index < -0.39 is 0 Å². The molecule has 0 saturated heterocycles. The van der Waals surface area contributed by atoms with Crippen molar-refractivity contribution in [3.8, 4) is 0 Å². The van der Waals surface area contributed by atoms with Gasteiger partial charge in [0.1, 0.15) is 5.70 Å². The molecule has 4 nitrogen and oxygen atoms in total. The van der Waals surface area contributed by atoms with Crippen LogP contribution in [0, 0.1) is 0 Å². The van der Waals surface area contributed by atoms with Crippen LogP contribution in [0.15, 0.2) is 95.1 Å². The first kappa shape index (κ1) is 19.6. The average molecular weight is 435 g/mol. The Morgan fingerprint density at radius 3 is 2.21 bits per heavy atom. The van der Waals surface area contributed by atoms with E-state index in [-0.39, 0.29) is 17.5 Å². The molecular weight excluding hydrogens is 416 g/mol. The Labute approximate surface area is 172 Å². The van der Waals surface area contributed by atoms with Crippen molar-refractivity contribution in [3.63, 3.8) is 0 Å². The Balaban J connectivity index is 1.81. The molecule has 0 aliphatic rings. The van der Waals surface area contributed by atoms with Crippen molar-refractivity contribution in [2.45, 2.75) is 6.54 Å². The van der Waals surface area contributed by atoms with E-state index in [4.69, 9.17) is 0 Å². The van der Waals surface area contributed by atoms with Gasteiger partial charge in [0.25, 0.3) is 11.8 Å². The van der Waals surface area contributed by atoms with Crippen LogP contribution in [0.2, 0.25) is 0 Å². The predicted molar refractivity (Wildman–Crippen MR) is 114 cm³/mol. The van der Waals surface area contributed by atoms with Gasteiger partial charge in [-0.2, -0.15) is 0 Å². The Hall–Kier alpha value is -3.18. The van der Waals surface area contributed by atoms with Crippen molar-refractivity contribution in [3.05, 3.63) is 112 Å². The summed E-state index contributed by atoms with van der Waals surface area (Å²) in [5, 5.41) is 5.59. The summed E-state index contributed by atoms with van der Waals surface area (Å²) in [6, 6.07) is 25.9. The molecule has 28 heavy (non-hydrogen) atoms. The fourth-order valence-electron chi connectivity index (χ4n) is 2.58. The Morgan fingerprint density at radius 1 is 0.857 bits per heavy atom. The van der Waals surface area contributed by atoms with Crippen LogP contribution in [0.3, 0.4) is 0 Å². The molecule has 3 aromatic rings. The number of carbonyl (C=O) groups excluding carboxylic acids is 2. The monoisotopic (exact) mass is 434 g/mol. The lowest BCUT2D eigenvalue weighted by Crippen LogP contribution is -2.34. The normalized spacial score (nSPS) is 11.0. The van der Waals surface area contributed by atoms with Crippen molar-refractivity contribution < 1.29 is 9.59 Å². The zero-order chi connectivity index (χ0) is 19.8. The second-order valence-corrected chi connectivity index (χ2v) is 7.02. The lowest BCUT2D eigenvalue weighted by molar-refractivity contribution is -0.117. The van der Waals surface area contributed by atoms with Crippen LogP contribution in [0.5, 0.6) is 0 Å². The maximum atomic E-state index is 12.8. The van der Waals surface area contributed by atoms with Crippen molar-refractivity contribution in [1.29, 1.82) is 0 Å². The van der Waals surface area contributed by atoms with Gasteiger partial charge in [0.15, 0.2) is 0 Å². The number of hydrogen-bond acceptors (Lipinski definition) is 2.